The highest BCUT2D eigenvalue weighted by Gasteiger charge is 2.14. The molecule has 0 aromatic heterocycles. The molecule has 1 atom stereocenters. The Balaban J connectivity index is 1.82. The first-order valence-corrected chi connectivity index (χ1v) is 8.20. The molecule has 0 aliphatic rings. The van der Waals surface area contributed by atoms with Gasteiger partial charge in [0.05, 0.1) is 6.10 Å². The van der Waals surface area contributed by atoms with Crippen molar-refractivity contribution in [1.29, 1.82) is 0 Å². The third kappa shape index (κ3) is 5.61. The van der Waals surface area contributed by atoms with Crippen LogP contribution in [-0.4, -0.2) is 18.1 Å². The van der Waals surface area contributed by atoms with Crippen LogP contribution in [0.4, 0.5) is 0 Å². The van der Waals surface area contributed by atoms with Crippen LogP contribution < -0.4 is 14.8 Å². The zero-order chi connectivity index (χ0) is 17.5. The van der Waals surface area contributed by atoms with E-state index in [1.54, 1.807) is 6.92 Å². The van der Waals surface area contributed by atoms with Gasteiger partial charge in [-0.2, -0.15) is 0 Å². The number of benzene rings is 2. The molecule has 4 nitrogen and oxygen atoms in total. The van der Waals surface area contributed by atoms with Crippen molar-refractivity contribution in [3.05, 3.63) is 59.7 Å². The van der Waals surface area contributed by atoms with E-state index in [9.17, 15) is 4.79 Å². The molecule has 2 aromatic carbocycles. The zero-order valence-corrected chi connectivity index (χ0v) is 14.7. The maximum absolute atomic E-state index is 12.1. The highest BCUT2D eigenvalue weighted by atomic mass is 16.5. The molecular weight excluding hydrogens is 302 g/mol. The Morgan fingerprint density at radius 3 is 2.04 bits per heavy atom. The molecule has 0 heterocycles. The molecule has 0 spiro atoms. The Bertz CT molecular complexity index is 648. The number of nitrogens with one attached hydrogen (secondary N) is 1. The average Bonchev–Trinajstić information content (AvgIpc) is 2.55. The molecule has 0 saturated carbocycles. The molecule has 1 N–H and O–H groups in total. The Morgan fingerprint density at radius 1 is 0.917 bits per heavy atom. The Labute approximate surface area is 143 Å². The zero-order valence-electron chi connectivity index (χ0n) is 14.7. The summed E-state index contributed by atoms with van der Waals surface area (Å²) in [5.41, 5.74) is 2.17. The summed E-state index contributed by atoms with van der Waals surface area (Å²) in [6.45, 7) is 8.20. The molecule has 0 saturated heterocycles. The summed E-state index contributed by atoms with van der Waals surface area (Å²) in [5, 5.41) is 2.89. The van der Waals surface area contributed by atoms with Crippen molar-refractivity contribution >= 4 is 5.91 Å². The van der Waals surface area contributed by atoms with Crippen molar-refractivity contribution in [2.75, 3.05) is 0 Å². The van der Waals surface area contributed by atoms with Crippen LogP contribution in [0.3, 0.4) is 0 Å². The second-order valence-electron chi connectivity index (χ2n) is 6.10. The molecule has 2 aromatic rings. The second kappa shape index (κ2) is 8.39. The van der Waals surface area contributed by atoms with Gasteiger partial charge in [-0.1, -0.05) is 29.8 Å². The summed E-state index contributed by atoms with van der Waals surface area (Å²) in [4.78, 5) is 12.1. The quantitative estimate of drug-likeness (QED) is 0.840. The molecule has 24 heavy (non-hydrogen) atoms. The molecule has 0 bridgehead atoms. The van der Waals surface area contributed by atoms with E-state index in [1.165, 1.54) is 0 Å². The molecule has 128 valence electrons. The number of carbonyl (C=O) groups is 1. The van der Waals surface area contributed by atoms with Gasteiger partial charge in [0.1, 0.15) is 11.5 Å². The lowest BCUT2D eigenvalue weighted by Crippen LogP contribution is -2.35. The predicted molar refractivity (Wildman–Crippen MR) is 95.3 cm³/mol. The van der Waals surface area contributed by atoms with Gasteiger partial charge in [0.25, 0.3) is 5.91 Å². The van der Waals surface area contributed by atoms with E-state index in [0.717, 1.165) is 16.9 Å². The van der Waals surface area contributed by atoms with Crippen molar-refractivity contribution < 1.29 is 14.3 Å². The fraction of sp³-hybridized carbons (Fsp3) is 0.350. The predicted octanol–water partition coefficient (Wildman–Crippen LogP) is 3.87. The maximum atomic E-state index is 12.1. The van der Waals surface area contributed by atoms with Gasteiger partial charge in [-0.15, -0.1) is 0 Å². The molecule has 4 heteroatoms. The van der Waals surface area contributed by atoms with E-state index < -0.39 is 6.10 Å². The van der Waals surface area contributed by atoms with Gasteiger partial charge in [0.15, 0.2) is 6.10 Å². The Hall–Kier alpha value is -2.49. The largest absolute Gasteiger partial charge is 0.491 e. The standard InChI is InChI=1S/C20H25NO3/c1-14(2)23-18-11-7-17(8-12-18)13-21-20(22)16(4)24-19-9-5-15(3)6-10-19/h5-12,14,16H,13H2,1-4H3,(H,21,22)/t16-/m0/s1. The third-order valence-corrected chi connectivity index (χ3v) is 3.46. The maximum Gasteiger partial charge on any atom is 0.261 e. The Morgan fingerprint density at radius 2 is 1.46 bits per heavy atom. The van der Waals surface area contributed by atoms with Gasteiger partial charge in [0.2, 0.25) is 0 Å². The summed E-state index contributed by atoms with van der Waals surface area (Å²) >= 11 is 0. The van der Waals surface area contributed by atoms with Crippen molar-refractivity contribution in [3.63, 3.8) is 0 Å². The van der Waals surface area contributed by atoms with Crippen LogP contribution >= 0.6 is 0 Å². The average molecular weight is 327 g/mol. The van der Waals surface area contributed by atoms with E-state index in [2.05, 4.69) is 5.32 Å². The summed E-state index contributed by atoms with van der Waals surface area (Å²) in [5.74, 6) is 1.38. The minimum atomic E-state index is -0.545. The molecular formula is C20H25NO3. The van der Waals surface area contributed by atoms with Crippen LogP contribution in [-0.2, 0) is 11.3 Å². The molecule has 0 radical (unpaired) electrons. The van der Waals surface area contributed by atoms with Crippen LogP contribution in [0.25, 0.3) is 0 Å². The lowest BCUT2D eigenvalue weighted by molar-refractivity contribution is -0.127. The van der Waals surface area contributed by atoms with E-state index in [1.807, 2.05) is 69.3 Å². The molecule has 0 aliphatic carbocycles. The topological polar surface area (TPSA) is 47.6 Å². The number of hydrogen-bond acceptors (Lipinski definition) is 3. The van der Waals surface area contributed by atoms with Crippen LogP contribution in [0.1, 0.15) is 31.9 Å². The summed E-state index contributed by atoms with van der Waals surface area (Å²) in [6.07, 6.45) is -0.397. The third-order valence-electron chi connectivity index (χ3n) is 3.46. The lowest BCUT2D eigenvalue weighted by atomic mass is 10.2. The van der Waals surface area contributed by atoms with Gasteiger partial charge in [0, 0.05) is 6.54 Å². The van der Waals surface area contributed by atoms with Crippen molar-refractivity contribution in [3.8, 4) is 11.5 Å². The molecule has 0 unspecified atom stereocenters. The first-order chi connectivity index (χ1) is 11.4. The second-order valence-corrected chi connectivity index (χ2v) is 6.10. The van der Waals surface area contributed by atoms with E-state index in [4.69, 9.17) is 9.47 Å². The van der Waals surface area contributed by atoms with Crippen molar-refractivity contribution in [2.45, 2.75) is 46.4 Å². The van der Waals surface area contributed by atoms with Gasteiger partial charge >= 0.3 is 0 Å². The van der Waals surface area contributed by atoms with Crippen LogP contribution in [0.5, 0.6) is 11.5 Å². The smallest absolute Gasteiger partial charge is 0.261 e. The SMILES string of the molecule is Cc1ccc(O[C@@H](C)C(=O)NCc2ccc(OC(C)C)cc2)cc1. The number of amides is 1. The minimum absolute atomic E-state index is 0.141. The summed E-state index contributed by atoms with van der Waals surface area (Å²) in [6, 6.07) is 15.4. The fourth-order valence-electron chi connectivity index (χ4n) is 2.17. The number of hydrogen-bond donors (Lipinski definition) is 1. The van der Waals surface area contributed by atoms with Gasteiger partial charge in [-0.05, 0) is 57.5 Å². The summed E-state index contributed by atoms with van der Waals surface area (Å²) < 4.78 is 11.3. The van der Waals surface area contributed by atoms with E-state index >= 15 is 0 Å². The monoisotopic (exact) mass is 327 g/mol. The molecule has 0 fully saturated rings. The van der Waals surface area contributed by atoms with Crippen LogP contribution in [0.15, 0.2) is 48.5 Å². The fourth-order valence-corrected chi connectivity index (χ4v) is 2.17. The first kappa shape index (κ1) is 17.9. The lowest BCUT2D eigenvalue weighted by Gasteiger charge is -2.15. The van der Waals surface area contributed by atoms with Crippen LogP contribution in [0.2, 0.25) is 0 Å². The van der Waals surface area contributed by atoms with E-state index in [-0.39, 0.29) is 12.0 Å². The molecule has 1 amide bonds. The highest BCUT2D eigenvalue weighted by Crippen LogP contribution is 2.15. The van der Waals surface area contributed by atoms with Gasteiger partial charge in [-0.25, -0.2) is 0 Å². The number of rotatable bonds is 7. The number of carbonyl (C=O) groups excluding carboxylic acids is 1. The Kier molecular flexibility index (Phi) is 6.24. The number of aryl methyl sites for hydroxylation is 1. The van der Waals surface area contributed by atoms with Gasteiger partial charge < -0.3 is 14.8 Å². The van der Waals surface area contributed by atoms with Crippen molar-refractivity contribution in [1.82, 2.24) is 5.32 Å². The highest BCUT2D eigenvalue weighted by molar-refractivity contribution is 5.80. The first-order valence-electron chi connectivity index (χ1n) is 8.20. The normalized spacial score (nSPS) is 11.9. The summed E-state index contributed by atoms with van der Waals surface area (Å²) in [7, 11) is 0. The molecule has 2 rings (SSSR count). The minimum Gasteiger partial charge on any atom is -0.491 e. The van der Waals surface area contributed by atoms with Crippen LogP contribution in [0, 0.1) is 6.92 Å². The van der Waals surface area contributed by atoms with E-state index in [0.29, 0.717) is 12.3 Å². The molecule has 0 aliphatic heterocycles. The number of ether oxygens (including phenoxy) is 2. The van der Waals surface area contributed by atoms with Crippen molar-refractivity contribution in [2.24, 2.45) is 0 Å². The van der Waals surface area contributed by atoms with Gasteiger partial charge in [-0.3, -0.25) is 4.79 Å².